The molecule has 0 radical (unpaired) electrons. The number of hydrogen-bond acceptors (Lipinski definition) is 2. The highest BCUT2D eigenvalue weighted by Crippen LogP contribution is 2.24. The summed E-state index contributed by atoms with van der Waals surface area (Å²) < 4.78 is 0. The van der Waals surface area contributed by atoms with Crippen LogP contribution in [0.5, 0.6) is 5.75 Å². The number of amides is 1. The lowest BCUT2D eigenvalue weighted by Crippen LogP contribution is -2.34. The smallest absolute Gasteiger partial charge is 0.255 e. The van der Waals surface area contributed by atoms with E-state index in [1.54, 1.807) is 6.07 Å². The summed E-state index contributed by atoms with van der Waals surface area (Å²) in [5.74, 6) is -0.346. The third-order valence-electron chi connectivity index (χ3n) is 3.39. The molecule has 0 saturated carbocycles. The third kappa shape index (κ3) is 5.41. The molecule has 112 valence electrons. The minimum absolute atomic E-state index is 0.0624. The van der Waals surface area contributed by atoms with Gasteiger partial charge in [0.1, 0.15) is 5.75 Å². The van der Waals surface area contributed by atoms with Crippen molar-refractivity contribution in [1.82, 2.24) is 5.32 Å². The van der Waals surface area contributed by atoms with Gasteiger partial charge in [-0.15, -0.1) is 0 Å². The topological polar surface area (TPSA) is 49.3 Å². The van der Waals surface area contributed by atoms with Gasteiger partial charge in [0.05, 0.1) is 5.56 Å². The van der Waals surface area contributed by atoms with Crippen molar-refractivity contribution in [2.24, 2.45) is 5.41 Å². The van der Waals surface area contributed by atoms with Crippen molar-refractivity contribution in [3.63, 3.8) is 0 Å². The fourth-order valence-corrected chi connectivity index (χ4v) is 2.22. The first kappa shape index (κ1) is 16.8. The standard InChI is InChI=1S/C16H24ClNO2/c1-4-5-6-9-16(2,3)11-18-15(20)13-8-7-12(17)10-14(13)19/h7-8,10,19H,4-6,9,11H2,1-3H3,(H,18,20). The number of carbonyl (C=O) groups is 1. The lowest BCUT2D eigenvalue weighted by molar-refractivity contribution is 0.0931. The van der Waals surface area contributed by atoms with Crippen molar-refractivity contribution >= 4 is 17.5 Å². The average Bonchev–Trinajstić information content (AvgIpc) is 2.36. The van der Waals surface area contributed by atoms with Gasteiger partial charge in [0, 0.05) is 11.6 Å². The molecule has 1 aromatic rings. The molecule has 0 aliphatic carbocycles. The Balaban J connectivity index is 2.54. The fraction of sp³-hybridized carbons (Fsp3) is 0.562. The number of nitrogens with one attached hydrogen (secondary N) is 1. The Kier molecular flexibility index (Phi) is 6.34. The van der Waals surface area contributed by atoms with Gasteiger partial charge in [-0.2, -0.15) is 0 Å². The van der Waals surface area contributed by atoms with Crippen molar-refractivity contribution in [1.29, 1.82) is 0 Å². The van der Waals surface area contributed by atoms with Crippen molar-refractivity contribution in [3.8, 4) is 5.75 Å². The second-order valence-corrected chi connectivity index (χ2v) is 6.40. The van der Waals surface area contributed by atoms with Crippen LogP contribution in [-0.4, -0.2) is 17.6 Å². The molecule has 0 aromatic heterocycles. The molecule has 1 amide bonds. The Morgan fingerprint density at radius 1 is 1.35 bits per heavy atom. The van der Waals surface area contributed by atoms with Crippen LogP contribution in [-0.2, 0) is 0 Å². The molecule has 0 aliphatic heterocycles. The van der Waals surface area contributed by atoms with Crippen LogP contribution >= 0.6 is 11.6 Å². The summed E-state index contributed by atoms with van der Waals surface area (Å²) in [6.07, 6.45) is 4.66. The zero-order valence-electron chi connectivity index (χ0n) is 12.5. The van der Waals surface area contributed by atoms with Crippen molar-refractivity contribution in [2.45, 2.75) is 46.5 Å². The van der Waals surface area contributed by atoms with E-state index in [-0.39, 0.29) is 22.6 Å². The van der Waals surface area contributed by atoms with Crippen LogP contribution in [0.25, 0.3) is 0 Å². The fourth-order valence-electron chi connectivity index (χ4n) is 2.05. The van der Waals surface area contributed by atoms with E-state index >= 15 is 0 Å². The normalized spacial score (nSPS) is 11.4. The van der Waals surface area contributed by atoms with Crippen molar-refractivity contribution < 1.29 is 9.90 Å². The Hall–Kier alpha value is -1.22. The number of aromatic hydroxyl groups is 1. The average molecular weight is 298 g/mol. The first-order valence-corrected chi connectivity index (χ1v) is 7.50. The van der Waals surface area contributed by atoms with Gasteiger partial charge >= 0.3 is 0 Å². The highest BCUT2D eigenvalue weighted by Gasteiger charge is 2.19. The van der Waals surface area contributed by atoms with Gasteiger partial charge < -0.3 is 10.4 Å². The largest absolute Gasteiger partial charge is 0.507 e. The number of carbonyl (C=O) groups excluding carboxylic acids is 1. The molecule has 0 aliphatic rings. The maximum Gasteiger partial charge on any atom is 0.255 e. The van der Waals surface area contributed by atoms with Crippen molar-refractivity contribution in [2.75, 3.05) is 6.54 Å². The van der Waals surface area contributed by atoms with E-state index in [1.165, 1.54) is 31.4 Å². The predicted molar refractivity (Wildman–Crippen MR) is 83.4 cm³/mol. The van der Waals surface area contributed by atoms with E-state index in [0.29, 0.717) is 11.6 Å². The van der Waals surface area contributed by atoms with Gasteiger partial charge in [-0.25, -0.2) is 0 Å². The number of phenols is 1. The lowest BCUT2D eigenvalue weighted by atomic mass is 9.87. The second-order valence-electron chi connectivity index (χ2n) is 5.97. The first-order chi connectivity index (χ1) is 9.35. The molecule has 0 saturated heterocycles. The van der Waals surface area contributed by atoms with Crippen LogP contribution in [0.15, 0.2) is 18.2 Å². The SMILES string of the molecule is CCCCCC(C)(C)CNC(=O)c1ccc(Cl)cc1O. The summed E-state index contributed by atoms with van der Waals surface area (Å²) in [4.78, 5) is 12.0. The summed E-state index contributed by atoms with van der Waals surface area (Å²) in [5, 5.41) is 13.0. The molecule has 0 spiro atoms. The molecule has 4 heteroatoms. The van der Waals surface area contributed by atoms with E-state index in [4.69, 9.17) is 11.6 Å². The Morgan fingerprint density at radius 3 is 2.65 bits per heavy atom. The number of halogens is 1. The van der Waals surface area contributed by atoms with E-state index in [0.717, 1.165) is 6.42 Å². The zero-order chi connectivity index (χ0) is 15.2. The van der Waals surface area contributed by atoms with Gasteiger partial charge in [0.25, 0.3) is 5.91 Å². The van der Waals surface area contributed by atoms with Crippen LogP contribution in [0.2, 0.25) is 5.02 Å². The van der Waals surface area contributed by atoms with E-state index < -0.39 is 0 Å². The predicted octanol–water partition coefficient (Wildman–Crippen LogP) is 4.38. The van der Waals surface area contributed by atoms with Crippen molar-refractivity contribution in [3.05, 3.63) is 28.8 Å². The van der Waals surface area contributed by atoms with Gasteiger partial charge in [0.15, 0.2) is 0 Å². The molecule has 0 fully saturated rings. The van der Waals surface area contributed by atoms with Crippen LogP contribution in [0, 0.1) is 5.41 Å². The first-order valence-electron chi connectivity index (χ1n) is 7.12. The quantitative estimate of drug-likeness (QED) is 0.734. The summed E-state index contributed by atoms with van der Waals surface area (Å²) in [6, 6.07) is 4.52. The molecule has 2 N–H and O–H groups in total. The third-order valence-corrected chi connectivity index (χ3v) is 3.62. The molecule has 0 unspecified atom stereocenters. The van der Waals surface area contributed by atoms with Crippen LogP contribution in [0.4, 0.5) is 0 Å². The molecule has 0 atom stereocenters. The highest BCUT2D eigenvalue weighted by molar-refractivity contribution is 6.30. The summed E-state index contributed by atoms with van der Waals surface area (Å²) in [5.41, 5.74) is 0.325. The molecule has 0 heterocycles. The zero-order valence-corrected chi connectivity index (χ0v) is 13.3. The molecular weight excluding hydrogens is 274 g/mol. The van der Waals surface area contributed by atoms with Crippen LogP contribution in [0.3, 0.4) is 0 Å². The molecule has 1 aromatic carbocycles. The maximum atomic E-state index is 12.0. The van der Waals surface area contributed by atoms with Gasteiger partial charge in [-0.3, -0.25) is 4.79 Å². The summed E-state index contributed by atoms with van der Waals surface area (Å²) >= 11 is 5.75. The number of hydrogen-bond donors (Lipinski definition) is 2. The number of benzene rings is 1. The highest BCUT2D eigenvalue weighted by atomic mass is 35.5. The summed E-state index contributed by atoms with van der Waals surface area (Å²) in [7, 11) is 0. The van der Waals surface area contributed by atoms with Gasteiger partial charge in [0.2, 0.25) is 0 Å². The summed E-state index contributed by atoms with van der Waals surface area (Å²) in [6.45, 7) is 7.06. The number of phenolic OH excluding ortho intramolecular Hbond substituents is 1. The molecule has 1 rings (SSSR count). The lowest BCUT2D eigenvalue weighted by Gasteiger charge is -2.25. The Bertz CT molecular complexity index is 458. The monoisotopic (exact) mass is 297 g/mol. The molecule has 0 bridgehead atoms. The Labute approximate surface area is 126 Å². The minimum Gasteiger partial charge on any atom is -0.507 e. The van der Waals surface area contributed by atoms with Crippen LogP contribution < -0.4 is 5.32 Å². The second kappa shape index (κ2) is 7.53. The number of rotatable bonds is 7. The Morgan fingerprint density at radius 2 is 2.05 bits per heavy atom. The minimum atomic E-state index is -0.261. The van der Waals surface area contributed by atoms with Gasteiger partial charge in [-0.05, 0) is 30.0 Å². The number of unbranched alkanes of at least 4 members (excludes halogenated alkanes) is 2. The molecule has 20 heavy (non-hydrogen) atoms. The molecule has 3 nitrogen and oxygen atoms in total. The van der Waals surface area contributed by atoms with E-state index in [2.05, 4.69) is 26.1 Å². The maximum absolute atomic E-state index is 12.0. The van der Waals surface area contributed by atoms with Gasteiger partial charge in [-0.1, -0.05) is 51.6 Å². The molecular formula is C16H24ClNO2. The van der Waals surface area contributed by atoms with E-state index in [9.17, 15) is 9.90 Å². The van der Waals surface area contributed by atoms with E-state index in [1.807, 2.05) is 0 Å². The van der Waals surface area contributed by atoms with Crippen LogP contribution in [0.1, 0.15) is 56.8 Å².